The maximum absolute atomic E-state index is 12.6. The van der Waals surface area contributed by atoms with Crippen LogP contribution in [0.3, 0.4) is 0 Å². The molecular formula is C22H15IN2O6S. The first-order chi connectivity index (χ1) is 15.2. The van der Waals surface area contributed by atoms with E-state index in [1.807, 2.05) is 22.6 Å². The van der Waals surface area contributed by atoms with Crippen LogP contribution in [0.1, 0.15) is 11.1 Å². The summed E-state index contributed by atoms with van der Waals surface area (Å²) in [7, 11) is -2.69. The number of hydrogen-bond acceptors (Lipinski definition) is 7. The van der Waals surface area contributed by atoms with Crippen molar-refractivity contribution in [2.45, 2.75) is 4.90 Å². The molecule has 0 unspecified atom stereocenters. The van der Waals surface area contributed by atoms with Gasteiger partial charge < -0.3 is 8.92 Å². The molecule has 0 N–H and O–H groups in total. The van der Waals surface area contributed by atoms with E-state index in [4.69, 9.17) is 8.92 Å². The number of halogens is 1. The number of nitro groups is 1. The van der Waals surface area contributed by atoms with Crippen LogP contribution < -0.4 is 8.92 Å². The van der Waals surface area contributed by atoms with E-state index in [0.29, 0.717) is 14.7 Å². The fourth-order valence-corrected chi connectivity index (χ4v) is 4.62. The molecule has 0 fully saturated rings. The minimum Gasteiger partial charge on any atom is -0.493 e. The lowest BCUT2D eigenvalue weighted by Gasteiger charge is -2.13. The van der Waals surface area contributed by atoms with Gasteiger partial charge in [0.1, 0.15) is 4.90 Å². The highest BCUT2D eigenvalue weighted by Gasteiger charge is 2.21. The van der Waals surface area contributed by atoms with E-state index in [9.17, 15) is 23.8 Å². The van der Waals surface area contributed by atoms with Gasteiger partial charge in [-0.25, -0.2) is 0 Å². The van der Waals surface area contributed by atoms with E-state index in [1.165, 1.54) is 43.5 Å². The second kappa shape index (κ2) is 9.80. The number of benzene rings is 3. The summed E-state index contributed by atoms with van der Waals surface area (Å²) < 4.78 is 36.3. The maximum Gasteiger partial charge on any atom is 0.339 e. The number of ether oxygens (including phenoxy) is 1. The first-order valence-corrected chi connectivity index (χ1v) is 11.5. The highest BCUT2D eigenvalue weighted by Crippen LogP contribution is 2.37. The Hall–Kier alpha value is -3.43. The SMILES string of the molecule is COc1cc(/C=C(\C#N)c2ccc([N+](=O)[O-])cc2)cc(I)c1OS(=O)(=O)c1ccccc1. The second-order valence-corrected chi connectivity index (χ2v) is 9.07. The molecule has 162 valence electrons. The van der Waals surface area contributed by atoms with Gasteiger partial charge in [0.15, 0.2) is 11.5 Å². The highest BCUT2D eigenvalue weighted by molar-refractivity contribution is 14.1. The number of hydrogen-bond donors (Lipinski definition) is 0. The maximum atomic E-state index is 12.6. The lowest BCUT2D eigenvalue weighted by atomic mass is 10.0. The van der Waals surface area contributed by atoms with Crippen molar-refractivity contribution in [2.75, 3.05) is 7.11 Å². The van der Waals surface area contributed by atoms with Crippen LogP contribution in [0.25, 0.3) is 11.6 Å². The number of nitro benzene ring substituents is 1. The first-order valence-electron chi connectivity index (χ1n) is 8.99. The first kappa shape index (κ1) is 23.2. The highest BCUT2D eigenvalue weighted by atomic mass is 127. The summed E-state index contributed by atoms with van der Waals surface area (Å²) >= 11 is 1.92. The number of methoxy groups -OCH3 is 1. The normalized spacial score (nSPS) is 11.5. The lowest BCUT2D eigenvalue weighted by Crippen LogP contribution is -2.11. The third-order valence-corrected chi connectivity index (χ3v) is 6.33. The molecule has 0 saturated carbocycles. The molecule has 0 spiro atoms. The van der Waals surface area contributed by atoms with E-state index in [-0.39, 0.29) is 27.7 Å². The Bertz CT molecular complexity index is 1330. The molecule has 3 rings (SSSR count). The Labute approximate surface area is 198 Å². The smallest absolute Gasteiger partial charge is 0.339 e. The molecule has 3 aromatic carbocycles. The Kier molecular flexibility index (Phi) is 7.12. The molecule has 0 saturated heterocycles. The molecule has 0 aromatic heterocycles. The molecule has 0 heterocycles. The summed E-state index contributed by atoms with van der Waals surface area (Å²) in [6.07, 6.45) is 1.57. The summed E-state index contributed by atoms with van der Waals surface area (Å²) in [5.41, 5.74) is 1.25. The van der Waals surface area contributed by atoms with Crippen LogP contribution in [0.15, 0.2) is 71.6 Å². The number of non-ortho nitro benzene ring substituents is 1. The molecule has 0 aliphatic rings. The lowest BCUT2D eigenvalue weighted by molar-refractivity contribution is -0.384. The molecule has 0 aliphatic heterocycles. The third kappa shape index (κ3) is 5.24. The molecule has 0 aliphatic carbocycles. The van der Waals surface area contributed by atoms with Crippen molar-refractivity contribution in [2.24, 2.45) is 0 Å². The second-order valence-electron chi connectivity index (χ2n) is 6.36. The van der Waals surface area contributed by atoms with Gasteiger partial charge in [-0.15, -0.1) is 0 Å². The van der Waals surface area contributed by atoms with Crippen molar-refractivity contribution in [1.82, 2.24) is 0 Å². The van der Waals surface area contributed by atoms with Crippen molar-refractivity contribution in [3.05, 3.63) is 91.5 Å². The molecule has 0 bridgehead atoms. The minimum atomic E-state index is -4.07. The molecule has 0 atom stereocenters. The fourth-order valence-electron chi connectivity index (χ4n) is 2.76. The fraction of sp³-hybridized carbons (Fsp3) is 0.0455. The van der Waals surface area contributed by atoms with Gasteiger partial charge in [-0.05, 0) is 76.2 Å². The largest absolute Gasteiger partial charge is 0.493 e. The summed E-state index contributed by atoms with van der Waals surface area (Å²) in [5, 5.41) is 20.4. The standard InChI is InChI=1S/C22H15IN2O6S/c1-30-21-13-15(11-17(14-24)16-7-9-18(10-8-16)25(26)27)12-20(23)22(21)31-32(28,29)19-5-3-2-4-6-19/h2-13H,1H3/b17-11+. The van der Waals surface area contributed by atoms with Crippen molar-refractivity contribution in [3.63, 3.8) is 0 Å². The van der Waals surface area contributed by atoms with Crippen LogP contribution in [0.2, 0.25) is 0 Å². The zero-order chi connectivity index (χ0) is 23.3. The van der Waals surface area contributed by atoms with E-state index >= 15 is 0 Å². The van der Waals surface area contributed by atoms with Crippen LogP contribution >= 0.6 is 22.6 Å². The van der Waals surface area contributed by atoms with Crippen LogP contribution in [0, 0.1) is 25.0 Å². The minimum absolute atomic E-state index is 0.00626. The van der Waals surface area contributed by atoms with Crippen molar-refractivity contribution in [1.29, 1.82) is 5.26 Å². The molecule has 0 radical (unpaired) electrons. The van der Waals surface area contributed by atoms with Gasteiger partial charge in [-0.2, -0.15) is 13.7 Å². The van der Waals surface area contributed by atoms with E-state index in [0.717, 1.165) is 0 Å². The van der Waals surface area contributed by atoms with Crippen LogP contribution in [-0.4, -0.2) is 20.5 Å². The van der Waals surface area contributed by atoms with Crippen LogP contribution in [0.5, 0.6) is 11.5 Å². The topological polar surface area (TPSA) is 120 Å². The zero-order valence-electron chi connectivity index (χ0n) is 16.6. The Balaban J connectivity index is 1.98. The van der Waals surface area contributed by atoms with Gasteiger partial charge in [0.2, 0.25) is 0 Å². The van der Waals surface area contributed by atoms with Gasteiger partial charge in [0.05, 0.1) is 27.2 Å². The monoisotopic (exact) mass is 562 g/mol. The van der Waals surface area contributed by atoms with Crippen LogP contribution in [-0.2, 0) is 10.1 Å². The Morgan fingerprint density at radius 1 is 1.12 bits per heavy atom. The van der Waals surface area contributed by atoms with Crippen molar-refractivity contribution >= 4 is 50.0 Å². The summed E-state index contributed by atoms with van der Waals surface area (Å²) in [6, 6.07) is 18.6. The van der Waals surface area contributed by atoms with Gasteiger partial charge in [-0.1, -0.05) is 18.2 Å². The molecule has 8 nitrogen and oxygen atoms in total. The number of nitriles is 1. The number of allylic oxidation sites excluding steroid dienone is 1. The predicted molar refractivity (Wildman–Crippen MR) is 127 cm³/mol. The molecular weight excluding hydrogens is 547 g/mol. The molecule has 32 heavy (non-hydrogen) atoms. The Morgan fingerprint density at radius 2 is 1.78 bits per heavy atom. The molecule has 0 amide bonds. The van der Waals surface area contributed by atoms with E-state index in [1.54, 1.807) is 36.4 Å². The van der Waals surface area contributed by atoms with Gasteiger partial charge in [0.25, 0.3) is 5.69 Å². The molecule has 3 aromatic rings. The summed E-state index contributed by atoms with van der Waals surface area (Å²) in [4.78, 5) is 10.3. The average molecular weight is 562 g/mol. The third-order valence-electron chi connectivity index (χ3n) is 4.30. The zero-order valence-corrected chi connectivity index (χ0v) is 19.5. The summed E-state index contributed by atoms with van der Waals surface area (Å²) in [5.74, 6) is 0.201. The van der Waals surface area contributed by atoms with E-state index in [2.05, 4.69) is 6.07 Å². The quantitative estimate of drug-likeness (QED) is 0.0989. The summed E-state index contributed by atoms with van der Waals surface area (Å²) in [6.45, 7) is 0. The van der Waals surface area contributed by atoms with Gasteiger partial charge >= 0.3 is 10.1 Å². The van der Waals surface area contributed by atoms with Crippen LogP contribution in [0.4, 0.5) is 5.69 Å². The molecule has 10 heteroatoms. The predicted octanol–water partition coefficient (Wildman–Crippen LogP) is 5.04. The van der Waals surface area contributed by atoms with Crippen molar-refractivity contribution < 1.29 is 22.3 Å². The van der Waals surface area contributed by atoms with Crippen molar-refractivity contribution in [3.8, 4) is 17.6 Å². The van der Waals surface area contributed by atoms with Gasteiger partial charge in [0, 0.05) is 12.1 Å². The van der Waals surface area contributed by atoms with Gasteiger partial charge in [-0.3, -0.25) is 10.1 Å². The van der Waals surface area contributed by atoms with E-state index < -0.39 is 15.0 Å². The number of rotatable bonds is 7. The average Bonchev–Trinajstić information content (AvgIpc) is 2.79. The Morgan fingerprint density at radius 3 is 2.34 bits per heavy atom. The number of nitrogens with zero attached hydrogens (tertiary/aromatic N) is 2.